The smallest absolute Gasteiger partial charge is 0.132 e. The summed E-state index contributed by atoms with van der Waals surface area (Å²) in [5.74, 6) is -0.371. The standard InChI is InChI=1S/C10H10ClFN4/c11-7-1-2-9(12)8(5-7)10-6-16(4-3-13)15-14-10/h1-2,5-6H,3-4,13H2. The molecule has 0 spiro atoms. The van der Waals surface area contributed by atoms with E-state index < -0.39 is 0 Å². The summed E-state index contributed by atoms with van der Waals surface area (Å²) in [4.78, 5) is 0. The van der Waals surface area contributed by atoms with E-state index in [1.54, 1.807) is 10.9 Å². The third-order valence-electron chi connectivity index (χ3n) is 2.10. The normalized spacial score (nSPS) is 10.7. The summed E-state index contributed by atoms with van der Waals surface area (Å²) >= 11 is 5.79. The van der Waals surface area contributed by atoms with Gasteiger partial charge in [-0.3, -0.25) is 4.68 Å². The largest absolute Gasteiger partial charge is 0.329 e. The van der Waals surface area contributed by atoms with Crippen LogP contribution < -0.4 is 5.73 Å². The van der Waals surface area contributed by atoms with Gasteiger partial charge >= 0.3 is 0 Å². The van der Waals surface area contributed by atoms with Crippen molar-refractivity contribution in [2.75, 3.05) is 6.54 Å². The van der Waals surface area contributed by atoms with Gasteiger partial charge in [0.2, 0.25) is 0 Å². The molecule has 0 aliphatic rings. The molecule has 4 nitrogen and oxygen atoms in total. The van der Waals surface area contributed by atoms with E-state index in [1.807, 2.05) is 0 Å². The van der Waals surface area contributed by atoms with Crippen molar-refractivity contribution < 1.29 is 4.39 Å². The number of aromatic nitrogens is 3. The Labute approximate surface area is 96.8 Å². The SMILES string of the molecule is NCCn1cc(-c2cc(Cl)ccc2F)nn1. The fourth-order valence-corrected chi connectivity index (χ4v) is 1.53. The molecule has 0 aliphatic carbocycles. The number of hydrogen-bond acceptors (Lipinski definition) is 3. The average molecular weight is 241 g/mol. The van der Waals surface area contributed by atoms with Crippen LogP contribution in [0.2, 0.25) is 5.02 Å². The van der Waals surface area contributed by atoms with Crippen LogP contribution in [0.1, 0.15) is 0 Å². The van der Waals surface area contributed by atoms with Gasteiger partial charge in [0.25, 0.3) is 0 Å². The fourth-order valence-electron chi connectivity index (χ4n) is 1.36. The van der Waals surface area contributed by atoms with Crippen molar-refractivity contribution in [1.29, 1.82) is 0 Å². The number of nitrogens with zero attached hydrogens (tertiary/aromatic N) is 3. The van der Waals surface area contributed by atoms with Crippen molar-refractivity contribution in [3.05, 3.63) is 35.2 Å². The monoisotopic (exact) mass is 240 g/mol. The lowest BCUT2D eigenvalue weighted by atomic mass is 10.1. The van der Waals surface area contributed by atoms with Gasteiger partial charge in [0.15, 0.2) is 0 Å². The molecule has 0 saturated heterocycles. The molecule has 0 radical (unpaired) electrons. The van der Waals surface area contributed by atoms with Gasteiger partial charge in [-0.05, 0) is 18.2 Å². The van der Waals surface area contributed by atoms with Crippen LogP contribution in [0.5, 0.6) is 0 Å². The van der Waals surface area contributed by atoms with Gasteiger partial charge in [0.1, 0.15) is 11.5 Å². The quantitative estimate of drug-likeness (QED) is 0.888. The molecule has 16 heavy (non-hydrogen) atoms. The second kappa shape index (κ2) is 4.59. The van der Waals surface area contributed by atoms with Gasteiger partial charge in [-0.1, -0.05) is 16.8 Å². The van der Waals surface area contributed by atoms with Crippen LogP contribution in [0, 0.1) is 5.82 Å². The van der Waals surface area contributed by atoms with Crippen molar-refractivity contribution in [1.82, 2.24) is 15.0 Å². The molecular weight excluding hydrogens is 231 g/mol. The Morgan fingerprint density at radius 3 is 3.00 bits per heavy atom. The molecule has 1 aromatic carbocycles. The van der Waals surface area contributed by atoms with Gasteiger partial charge in [-0.2, -0.15) is 0 Å². The minimum Gasteiger partial charge on any atom is -0.329 e. The zero-order valence-corrected chi connectivity index (χ0v) is 9.15. The maximum Gasteiger partial charge on any atom is 0.132 e. The molecule has 0 aliphatic heterocycles. The molecule has 0 atom stereocenters. The highest BCUT2D eigenvalue weighted by Gasteiger charge is 2.09. The van der Waals surface area contributed by atoms with Crippen LogP contribution in [0.15, 0.2) is 24.4 Å². The fraction of sp³-hybridized carbons (Fsp3) is 0.200. The summed E-state index contributed by atoms with van der Waals surface area (Å²) in [7, 11) is 0. The van der Waals surface area contributed by atoms with Gasteiger partial charge < -0.3 is 5.73 Å². The van der Waals surface area contributed by atoms with E-state index in [-0.39, 0.29) is 5.82 Å². The lowest BCUT2D eigenvalue weighted by Gasteiger charge is -1.98. The highest BCUT2D eigenvalue weighted by Crippen LogP contribution is 2.23. The van der Waals surface area contributed by atoms with E-state index >= 15 is 0 Å². The summed E-state index contributed by atoms with van der Waals surface area (Å²) < 4.78 is 15.1. The number of halogens is 2. The molecular formula is C10H10ClFN4. The van der Waals surface area contributed by atoms with Gasteiger partial charge in [0, 0.05) is 17.1 Å². The van der Waals surface area contributed by atoms with E-state index in [0.717, 1.165) is 0 Å². The van der Waals surface area contributed by atoms with Crippen LogP contribution in [-0.4, -0.2) is 21.5 Å². The first-order valence-corrected chi connectivity index (χ1v) is 5.14. The zero-order valence-electron chi connectivity index (χ0n) is 8.40. The zero-order chi connectivity index (χ0) is 11.5. The molecule has 1 aromatic heterocycles. The van der Waals surface area contributed by atoms with Crippen molar-refractivity contribution in [2.24, 2.45) is 5.73 Å². The number of nitrogens with two attached hydrogens (primary N) is 1. The van der Waals surface area contributed by atoms with E-state index in [1.165, 1.54) is 18.2 Å². The molecule has 84 valence electrons. The molecule has 1 heterocycles. The van der Waals surface area contributed by atoms with Crippen LogP contribution in [-0.2, 0) is 6.54 Å². The van der Waals surface area contributed by atoms with Crippen LogP contribution in [0.3, 0.4) is 0 Å². The van der Waals surface area contributed by atoms with E-state index in [2.05, 4.69) is 10.3 Å². The molecule has 0 unspecified atom stereocenters. The van der Waals surface area contributed by atoms with Crippen molar-refractivity contribution >= 4 is 11.6 Å². The van der Waals surface area contributed by atoms with Gasteiger partial charge in [-0.25, -0.2) is 4.39 Å². The first kappa shape index (κ1) is 11.0. The van der Waals surface area contributed by atoms with E-state index in [9.17, 15) is 4.39 Å². The number of benzene rings is 1. The summed E-state index contributed by atoms with van der Waals surface area (Å²) in [5.41, 5.74) is 6.17. The van der Waals surface area contributed by atoms with Gasteiger partial charge in [0.05, 0.1) is 12.7 Å². The molecule has 0 bridgehead atoms. The third kappa shape index (κ3) is 2.20. The third-order valence-corrected chi connectivity index (χ3v) is 2.34. The molecule has 0 saturated carbocycles. The van der Waals surface area contributed by atoms with Crippen molar-refractivity contribution in [3.63, 3.8) is 0 Å². The van der Waals surface area contributed by atoms with E-state index in [0.29, 0.717) is 29.4 Å². The molecule has 2 rings (SSSR count). The second-order valence-electron chi connectivity index (χ2n) is 3.28. The lowest BCUT2D eigenvalue weighted by molar-refractivity contribution is 0.598. The maximum absolute atomic E-state index is 13.5. The predicted octanol–water partition coefficient (Wildman–Crippen LogP) is 1.70. The number of rotatable bonds is 3. The van der Waals surface area contributed by atoms with Crippen molar-refractivity contribution in [3.8, 4) is 11.3 Å². The van der Waals surface area contributed by atoms with E-state index in [4.69, 9.17) is 17.3 Å². The lowest BCUT2D eigenvalue weighted by Crippen LogP contribution is -2.10. The van der Waals surface area contributed by atoms with Crippen LogP contribution in [0.25, 0.3) is 11.3 Å². The van der Waals surface area contributed by atoms with Crippen molar-refractivity contribution in [2.45, 2.75) is 6.54 Å². The Bertz CT molecular complexity index is 497. The van der Waals surface area contributed by atoms with Gasteiger partial charge in [-0.15, -0.1) is 5.10 Å². The molecule has 0 fully saturated rings. The summed E-state index contributed by atoms with van der Waals surface area (Å²) in [6.45, 7) is 1.01. The Morgan fingerprint density at radius 2 is 2.25 bits per heavy atom. The minimum atomic E-state index is -0.371. The summed E-state index contributed by atoms with van der Waals surface area (Å²) in [6.07, 6.45) is 1.64. The highest BCUT2D eigenvalue weighted by molar-refractivity contribution is 6.30. The summed E-state index contributed by atoms with van der Waals surface area (Å²) in [5, 5.41) is 8.16. The Morgan fingerprint density at radius 1 is 1.44 bits per heavy atom. The topological polar surface area (TPSA) is 56.7 Å². The molecule has 2 aromatic rings. The molecule has 0 amide bonds. The Kier molecular flexibility index (Phi) is 3.17. The summed E-state index contributed by atoms with van der Waals surface area (Å²) in [6, 6.07) is 4.32. The number of hydrogen-bond donors (Lipinski definition) is 1. The Hall–Kier alpha value is -1.46. The second-order valence-corrected chi connectivity index (χ2v) is 3.72. The maximum atomic E-state index is 13.5. The predicted molar refractivity (Wildman–Crippen MR) is 59.5 cm³/mol. The average Bonchev–Trinajstić information content (AvgIpc) is 2.71. The molecule has 2 N–H and O–H groups in total. The van der Waals surface area contributed by atoms with Crippen LogP contribution in [0.4, 0.5) is 4.39 Å². The first-order chi connectivity index (χ1) is 7.70. The highest BCUT2D eigenvalue weighted by atomic mass is 35.5. The minimum absolute atomic E-state index is 0.343. The molecule has 6 heteroatoms. The first-order valence-electron chi connectivity index (χ1n) is 4.76. The Balaban J connectivity index is 2.38. The van der Waals surface area contributed by atoms with Crippen LogP contribution >= 0.6 is 11.6 Å².